The first kappa shape index (κ1) is 60.7. The molecule has 3 aliphatic rings. The zero-order valence-electron chi connectivity index (χ0n) is 43.6. The number of ether oxygens (including phenoxy) is 4. The van der Waals surface area contributed by atoms with Gasteiger partial charge in [-0.15, -0.1) is 0 Å². The molecule has 0 bridgehead atoms. The monoisotopic (exact) mass is 1080 g/mol. The minimum atomic E-state index is -2.10. The van der Waals surface area contributed by atoms with Crippen molar-refractivity contribution in [2.45, 2.75) is 146 Å². The maximum absolute atomic E-state index is 14.7. The number of aliphatic hydroxyl groups is 6. The Morgan fingerprint density at radius 2 is 1.44 bits per heavy atom. The van der Waals surface area contributed by atoms with E-state index in [0.29, 0.717) is 0 Å². The van der Waals surface area contributed by atoms with Crippen LogP contribution < -0.4 is 36.1 Å². The van der Waals surface area contributed by atoms with Gasteiger partial charge in [-0.25, -0.2) is 11.4 Å². The Kier molecular flexibility index (Phi) is 21.5. The molecule has 3 heterocycles. The molecule has 2 aromatic carbocycles. The molecule has 26 nitrogen and oxygen atoms in total. The van der Waals surface area contributed by atoms with E-state index in [1.54, 1.807) is 0 Å². The zero-order valence-corrected chi connectivity index (χ0v) is 43.6. The summed E-state index contributed by atoms with van der Waals surface area (Å²) in [5, 5.41) is 79.6. The molecule has 3 saturated heterocycles. The molecule has 5 rings (SSSR count). The SMILES string of the molecule is [C-]#[N+]C[C@@H](O)[C@@H]1NC(=O)[C@H]([C@H](O)Cc2ccc(OCc3ccccc3)c(OCCOC(C)=O)c2)NC(=O)[C@@H]2C[C@@H](O)CN2C(=O)[C@H]([C@@H](C)O)NC(=O)[C@H](NC(=O)OC(C)(C)C)C[C@@H](O)CNC(=O)[C@@H]2[C@@H](O)[C@@H](C)CN2C1=O. The molecular weight excluding hydrogens is 1010 g/mol. The smallest absolute Gasteiger partial charge is 0.408 e. The van der Waals surface area contributed by atoms with Crippen molar-refractivity contribution in [1.29, 1.82) is 0 Å². The Morgan fingerprint density at radius 3 is 2.09 bits per heavy atom. The molecular formula is C51H70N8O18. The van der Waals surface area contributed by atoms with E-state index in [0.717, 1.165) is 22.3 Å². The molecule has 13 atom stereocenters. The topological polar surface area (TPSA) is 366 Å². The Hall–Kier alpha value is -7.15. The van der Waals surface area contributed by atoms with Crippen molar-refractivity contribution in [1.82, 2.24) is 36.4 Å². The summed E-state index contributed by atoms with van der Waals surface area (Å²) in [7, 11) is 0. The minimum Gasteiger partial charge on any atom is -0.486 e. The van der Waals surface area contributed by atoms with Gasteiger partial charge in [0.05, 0.1) is 30.5 Å². The number of fused-ring (bicyclic) bond motifs is 2. The van der Waals surface area contributed by atoms with Crippen LogP contribution in [0, 0.1) is 12.5 Å². The van der Waals surface area contributed by atoms with Crippen molar-refractivity contribution < 1.29 is 87.9 Å². The molecule has 0 spiro atoms. The molecule has 2 aromatic rings. The van der Waals surface area contributed by atoms with Crippen molar-refractivity contribution in [2.75, 3.05) is 39.4 Å². The van der Waals surface area contributed by atoms with E-state index in [-0.39, 0.29) is 43.4 Å². The first-order valence-electron chi connectivity index (χ1n) is 25.0. The largest absolute Gasteiger partial charge is 0.486 e. The molecule has 7 amide bonds. The van der Waals surface area contributed by atoms with Gasteiger partial charge in [-0.1, -0.05) is 43.3 Å². The van der Waals surface area contributed by atoms with Gasteiger partial charge in [0.15, 0.2) is 17.6 Å². The fraction of sp³-hybridized carbons (Fsp3) is 0.588. The number of nitrogens with one attached hydrogen (secondary N) is 5. The number of amides is 7. The number of esters is 1. The predicted molar refractivity (Wildman–Crippen MR) is 268 cm³/mol. The lowest BCUT2D eigenvalue weighted by Crippen LogP contribution is -2.64. The summed E-state index contributed by atoms with van der Waals surface area (Å²) < 4.78 is 22.3. The zero-order chi connectivity index (χ0) is 56.9. The van der Waals surface area contributed by atoms with E-state index in [1.165, 1.54) is 52.8 Å². The highest BCUT2D eigenvalue weighted by Crippen LogP contribution is 2.31. The molecule has 0 radical (unpaired) electrons. The Labute approximate surface area is 444 Å². The maximum Gasteiger partial charge on any atom is 0.408 e. The van der Waals surface area contributed by atoms with E-state index >= 15 is 0 Å². The van der Waals surface area contributed by atoms with Crippen LogP contribution in [0.3, 0.4) is 0 Å². The fourth-order valence-electron chi connectivity index (χ4n) is 8.91. The summed E-state index contributed by atoms with van der Waals surface area (Å²) in [5.41, 5.74) is -0.0103. The van der Waals surface area contributed by atoms with Crippen LogP contribution in [0.15, 0.2) is 48.5 Å². The number of aliphatic hydroxyl groups excluding tert-OH is 6. The van der Waals surface area contributed by atoms with E-state index in [4.69, 9.17) is 25.5 Å². The molecule has 3 aliphatic heterocycles. The van der Waals surface area contributed by atoms with Crippen LogP contribution in [0.25, 0.3) is 4.85 Å². The highest BCUT2D eigenvalue weighted by Gasteiger charge is 2.50. The van der Waals surface area contributed by atoms with E-state index in [1.807, 2.05) is 30.3 Å². The summed E-state index contributed by atoms with van der Waals surface area (Å²) in [4.78, 5) is 116. The minimum absolute atomic E-state index is 0.103. The number of rotatable bonds is 14. The summed E-state index contributed by atoms with van der Waals surface area (Å²) >= 11 is 0. The number of alkyl carbamates (subject to hydrolysis) is 1. The van der Waals surface area contributed by atoms with Crippen LogP contribution >= 0.6 is 0 Å². The lowest BCUT2D eigenvalue weighted by atomic mass is 9.99. The maximum atomic E-state index is 14.7. The summed E-state index contributed by atoms with van der Waals surface area (Å²) in [6.07, 6.45) is -13.1. The van der Waals surface area contributed by atoms with Crippen LogP contribution in [-0.4, -0.2) is 206 Å². The number of hydrogen-bond donors (Lipinski definition) is 11. The average Bonchev–Trinajstić information content (AvgIpc) is 3.91. The number of carbonyl (C=O) groups is 8. The molecule has 0 aromatic heterocycles. The van der Waals surface area contributed by atoms with Crippen molar-refractivity contribution in [3.8, 4) is 11.5 Å². The number of carbonyl (C=O) groups excluding carboxylic acids is 8. The Bertz CT molecular complexity index is 2470. The van der Waals surface area contributed by atoms with Crippen LogP contribution in [0.4, 0.5) is 4.79 Å². The van der Waals surface area contributed by atoms with Crippen molar-refractivity contribution >= 4 is 47.5 Å². The van der Waals surface area contributed by atoms with Crippen LogP contribution in [0.1, 0.15) is 65.5 Å². The first-order valence-corrected chi connectivity index (χ1v) is 25.0. The second-order valence-electron chi connectivity index (χ2n) is 20.3. The molecule has 26 heteroatoms. The Morgan fingerprint density at radius 1 is 0.779 bits per heavy atom. The number of nitrogens with zero attached hydrogens (tertiary/aromatic N) is 3. The predicted octanol–water partition coefficient (Wildman–Crippen LogP) is -2.83. The van der Waals surface area contributed by atoms with Gasteiger partial charge in [-0.05, 0) is 51.0 Å². The number of hydrogen-bond acceptors (Lipinski definition) is 18. The third kappa shape index (κ3) is 16.9. The van der Waals surface area contributed by atoms with Gasteiger partial charge in [-0.3, -0.25) is 33.6 Å². The van der Waals surface area contributed by atoms with Gasteiger partial charge < -0.3 is 90.8 Å². The fourth-order valence-corrected chi connectivity index (χ4v) is 8.91. The van der Waals surface area contributed by atoms with Gasteiger partial charge in [0, 0.05) is 51.7 Å². The average molecular weight is 1080 g/mol. The highest BCUT2D eigenvalue weighted by molar-refractivity contribution is 5.98. The van der Waals surface area contributed by atoms with Crippen molar-refractivity contribution in [3.63, 3.8) is 0 Å². The molecule has 77 heavy (non-hydrogen) atoms. The van der Waals surface area contributed by atoms with E-state index in [2.05, 4.69) is 31.4 Å². The molecule has 422 valence electrons. The molecule has 3 fully saturated rings. The van der Waals surface area contributed by atoms with Crippen LogP contribution in [-0.2, 0) is 56.1 Å². The summed E-state index contributed by atoms with van der Waals surface area (Å²) in [6.45, 7) is 13.4. The third-order valence-corrected chi connectivity index (χ3v) is 12.7. The van der Waals surface area contributed by atoms with Gasteiger partial charge in [0.2, 0.25) is 42.0 Å². The lowest BCUT2D eigenvalue weighted by Gasteiger charge is -2.33. The van der Waals surface area contributed by atoms with Gasteiger partial charge in [0.25, 0.3) is 0 Å². The number of β-amino-alcohol motifs (C(OH)–C–C–N with tert-alkyl or cyclic N) is 1. The van der Waals surface area contributed by atoms with Gasteiger partial charge >= 0.3 is 12.1 Å². The molecule has 0 unspecified atom stereocenters. The summed E-state index contributed by atoms with van der Waals surface area (Å²) in [6, 6.07) is 2.38. The third-order valence-electron chi connectivity index (χ3n) is 12.7. The second kappa shape index (κ2) is 27.2. The van der Waals surface area contributed by atoms with E-state index in [9.17, 15) is 69.0 Å². The highest BCUT2D eigenvalue weighted by atomic mass is 16.6. The first-order chi connectivity index (χ1) is 36.3. The van der Waals surface area contributed by atoms with Crippen molar-refractivity contribution in [3.05, 3.63) is 71.1 Å². The molecule has 11 N–H and O–H groups in total. The second-order valence-corrected chi connectivity index (χ2v) is 20.3. The summed E-state index contributed by atoms with van der Waals surface area (Å²) in [5.74, 6) is -8.02. The Balaban J connectivity index is 1.58. The van der Waals surface area contributed by atoms with Crippen molar-refractivity contribution in [2.24, 2.45) is 5.92 Å². The molecule has 0 saturated carbocycles. The van der Waals surface area contributed by atoms with Crippen LogP contribution in [0.2, 0.25) is 0 Å². The normalized spacial score (nSPS) is 27.2. The van der Waals surface area contributed by atoms with E-state index < -0.39 is 171 Å². The number of benzene rings is 2. The quantitative estimate of drug-likeness (QED) is 0.0516. The standard InChI is InChI=1S/C51H70N8O18/c1-26-23-59-42(43(26)66)47(70)53-21-31(62)19-33(54-50(73)77-51(4,5)6)44(67)55-39(27(2)60)48(71)58-24-32(63)20-34(58)45(68)56-40(46(69)57-41(49(59)72)36(65)22-52-7)35(64)17-30-13-14-37(76-25-29-11-9-8-10-12-29)38(18-30)75-16-15-74-28(3)61/h8-14,18,26-27,31-36,39-43,60,62-66H,15-17,19-25H2,1-6H3,(H,53,70)(H,54,73)(H,55,67)(H,56,68)(H,57,69)/t26-,27+,31+,32+,33+,34-,35+,36+,39-,40-,41-,42-,43-/m0/s1. The van der Waals surface area contributed by atoms with Crippen LogP contribution in [0.5, 0.6) is 11.5 Å². The molecule has 0 aliphatic carbocycles. The van der Waals surface area contributed by atoms with Gasteiger partial charge in [-0.2, -0.15) is 0 Å². The van der Waals surface area contributed by atoms with Gasteiger partial charge in [0.1, 0.15) is 61.7 Å². The lowest BCUT2D eigenvalue weighted by molar-refractivity contribution is -0.147.